The fourth-order valence-corrected chi connectivity index (χ4v) is 3.44. The molecule has 6 nitrogen and oxygen atoms in total. The minimum atomic E-state index is -0.448. The van der Waals surface area contributed by atoms with E-state index < -0.39 is 5.60 Å². The van der Waals surface area contributed by atoms with E-state index in [9.17, 15) is 0 Å². The number of hydrogen-bond acceptors (Lipinski definition) is 6. The van der Waals surface area contributed by atoms with Crippen LogP contribution in [0.4, 0.5) is 0 Å². The summed E-state index contributed by atoms with van der Waals surface area (Å²) in [6.07, 6.45) is 4.98. The molecule has 0 radical (unpaired) electrons. The summed E-state index contributed by atoms with van der Waals surface area (Å²) >= 11 is 0. The highest BCUT2D eigenvalue weighted by molar-refractivity contribution is 5.07. The molecule has 0 aromatic carbocycles. The maximum atomic E-state index is 5.83. The van der Waals surface area contributed by atoms with Crippen LogP contribution < -0.4 is 5.73 Å². The van der Waals surface area contributed by atoms with Crippen molar-refractivity contribution in [2.24, 2.45) is 11.7 Å². The Hall–Kier alpha value is -0.980. The Labute approximate surface area is 119 Å². The zero-order valence-corrected chi connectivity index (χ0v) is 12.0. The second kappa shape index (κ2) is 5.79. The van der Waals surface area contributed by atoms with E-state index >= 15 is 0 Å². The largest absolute Gasteiger partial charge is 0.381 e. The number of nitrogens with zero attached hydrogens (tertiary/aromatic N) is 2. The molecular formula is C14H23N3O3. The van der Waals surface area contributed by atoms with E-state index in [1.807, 2.05) is 0 Å². The number of hydrogen-bond donors (Lipinski definition) is 1. The Balaban J connectivity index is 1.82. The summed E-state index contributed by atoms with van der Waals surface area (Å²) in [4.78, 5) is 4.64. The van der Waals surface area contributed by atoms with Crippen LogP contribution in [0.25, 0.3) is 0 Å². The standard InChI is InChI=1S/C14H23N3O3/c1-18-14(5-7-19-8-6-14)13-16-12(20-17-13)11-4-2-3-10(11)9-15/h10-11H,2-9,15H2,1H3. The van der Waals surface area contributed by atoms with Crippen LogP contribution in [0.1, 0.15) is 49.7 Å². The third-order valence-corrected chi connectivity index (χ3v) is 4.82. The summed E-state index contributed by atoms with van der Waals surface area (Å²) in [6, 6.07) is 0. The summed E-state index contributed by atoms with van der Waals surface area (Å²) in [5.41, 5.74) is 5.38. The van der Waals surface area contributed by atoms with Crippen LogP contribution in [0.15, 0.2) is 4.52 Å². The van der Waals surface area contributed by atoms with E-state index in [0.29, 0.717) is 37.4 Å². The monoisotopic (exact) mass is 281 g/mol. The van der Waals surface area contributed by atoms with Crippen LogP contribution in [-0.4, -0.2) is 37.0 Å². The van der Waals surface area contributed by atoms with E-state index in [4.69, 9.17) is 19.7 Å². The molecule has 2 fully saturated rings. The van der Waals surface area contributed by atoms with Gasteiger partial charge in [0, 0.05) is 39.1 Å². The van der Waals surface area contributed by atoms with Gasteiger partial charge in [-0.25, -0.2) is 0 Å². The first-order chi connectivity index (χ1) is 9.79. The van der Waals surface area contributed by atoms with Gasteiger partial charge in [0.25, 0.3) is 0 Å². The average Bonchev–Trinajstić information content (AvgIpc) is 3.16. The van der Waals surface area contributed by atoms with Gasteiger partial charge in [0.2, 0.25) is 11.7 Å². The Morgan fingerprint density at radius 1 is 1.35 bits per heavy atom. The molecule has 3 rings (SSSR count). The van der Waals surface area contributed by atoms with E-state index in [0.717, 1.165) is 31.6 Å². The molecule has 6 heteroatoms. The minimum Gasteiger partial charge on any atom is -0.381 e. The number of rotatable bonds is 4. The van der Waals surface area contributed by atoms with Gasteiger partial charge < -0.3 is 19.7 Å². The Morgan fingerprint density at radius 2 is 2.15 bits per heavy atom. The maximum Gasteiger partial charge on any atom is 0.230 e. The molecule has 0 bridgehead atoms. The van der Waals surface area contributed by atoms with Gasteiger partial charge in [-0.2, -0.15) is 4.98 Å². The fraction of sp³-hybridized carbons (Fsp3) is 0.857. The van der Waals surface area contributed by atoms with Crippen molar-refractivity contribution in [3.63, 3.8) is 0 Å². The van der Waals surface area contributed by atoms with E-state index in [1.54, 1.807) is 7.11 Å². The highest BCUT2D eigenvalue weighted by Crippen LogP contribution is 2.40. The summed E-state index contributed by atoms with van der Waals surface area (Å²) in [6.45, 7) is 2.03. The van der Waals surface area contributed by atoms with Crippen LogP contribution in [0.3, 0.4) is 0 Å². The first-order valence-corrected chi connectivity index (χ1v) is 7.46. The molecule has 1 saturated carbocycles. The van der Waals surface area contributed by atoms with Crippen LogP contribution in [-0.2, 0) is 15.1 Å². The Bertz CT molecular complexity index is 443. The van der Waals surface area contributed by atoms with Crippen LogP contribution in [0.2, 0.25) is 0 Å². The second-order valence-electron chi connectivity index (χ2n) is 5.80. The molecule has 112 valence electrons. The van der Waals surface area contributed by atoms with Gasteiger partial charge in [-0.1, -0.05) is 11.6 Å². The van der Waals surface area contributed by atoms with Crippen molar-refractivity contribution >= 4 is 0 Å². The first-order valence-electron chi connectivity index (χ1n) is 7.46. The predicted octanol–water partition coefficient (Wildman–Crippen LogP) is 1.56. The molecule has 0 amide bonds. The molecular weight excluding hydrogens is 258 g/mol. The van der Waals surface area contributed by atoms with Crippen LogP contribution >= 0.6 is 0 Å². The highest BCUT2D eigenvalue weighted by atomic mass is 16.5. The zero-order valence-electron chi connectivity index (χ0n) is 12.0. The third kappa shape index (κ3) is 2.36. The van der Waals surface area contributed by atoms with Gasteiger partial charge in [-0.3, -0.25) is 0 Å². The lowest BCUT2D eigenvalue weighted by atomic mass is 9.93. The SMILES string of the molecule is COC1(c2noc(C3CCCC3CN)n2)CCOCC1. The number of ether oxygens (including phenoxy) is 2. The van der Waals surface area contributed by atoms with Crippen molar-refractivity contribution in [2.45, 2.75) is 43.6 Å². The zero-order chi connectivity index (χ0) is 14.0. The Kier molecular flexibility index (Phi) is 4.05. The summed E-state index contributed by atoms with van der Waals surface area (Å²) in [5.74, 6) is 2.18. The molecule has 2 aliphatic rings. The smallest absolute Gasteiger partial charge is 0.230 e. The first kappa shape index (κ1) is 14.0. The van der Waals surface area contributed by atoms with E-state index in [2.05, 4.69) is 10.1 Å². The predicted molar refractivity (Wildman–Crippen MR) is 72.2 cm³/mol. The van der Waals surface area contributed by atoms with Crippen molar-refractivity contribution in [3.8, 4) is 0 Å². The van der Waals surface area contributed by atoms with Gasteiger partial charge in [-0.15, -0.1) is 0 Å². The number of methoxy groups -OCH3 is 1. The van der Waals surface area contributed by atoms with Gasteiger partial charge >= 0.3 is 0 Å². The van der Waals surface area contributed by atoms with E-state index in [1.165, 1.54) is 6.42 Å². The van der Waals surface area contributed by atoms with Gasteiger partial charge in [0.15, 0.2) is 0 Å². The van der Waals surface area contributed by atoms with Crippen molar-refractivity contribution in [2.75, 3.05) is 26.9 Å². The average molecular weight is 281 g/mol. The lowest BCUT2D eigenvalue weighted by Gasteiger charge is -2.32. The number of nitrogens with two attached hydrogens (primary N) is 1. The molecule has 1 saturated heterocycles. The maximum absolute atomic E-state index is 5.83. The quantitative estimate of drug-likeness (QED) is 0.901. The topological polar surface area (TPSA) is 83.4 Å². The normalized spacial score (nSPS) is 29.7. The molecule has 2 unspecified atom stereocenters. The Morgan fingerprint density at radius 3 is 2.85 bits per heavy atom. The van der Waals surface area contributed by atoms with Crippen molar-refractivity contribution in [3.05, 3.63) is 11.7 Å². The third-order valence-electron chi connectivity index (χ3n) is 4.82. The summed E-state index contributed by atoms with van der Waals surface area (Å²) < 4.78 is 16.6. The highest BCUT2D eigenvalue weighted by Gasteiger charge is 2.40. The van der Waals surface area contributed by atoms with Crippen molar-refractivity contribution in [1.82, 2.24) is 10.1 Å². The molecule has 2 N–H and O–H groups in total. The number of aromatic nitrogens is 2. The molecule has 1 aliphatic carbocycles. The molecule has 20 heavy (non-hydrogen) atoms. The summed E-state index contributed by atoms with van der Waals surface area (Å²) in [7, 11) is 1.71. The van der Waals surface area contributed by atoms with Crippen LogP contribution in [0, 0.1) is 5.92 Å². The molecule has 1 aromatic rings. The summed E-state index contributed by atoms with van der Waals surface area (Å²) in [5, 5.41) is 4.19. The van der Waals surface area contributed by atoms with Crippen molar-refractivity contribution < 1.29 is 14.0 Å². The lowest BCUT2D eigenvalue weighted by Crippen LogP contribution is -2.36. The molecule has 2 atom stereocenters. The molecule has 2 heterocycles. The molecule has 0 spiro atoms. The lowest BCUT2D eigenvalue weighted by molar-refractivity contribution is -0.101. The van der Waals surface area contributed by atoms with Gasteiger partial charge in [0.05, 0.1) is 0 Å². The fourth-order valence-electron chi connectivity index (χ4n) is 3.44. The van der Waals surface area contributed by atoms with E-state index in [-0.39, 0.29) is 0 Å². The van der Waals surface area contributed by atoms with Crippen LogP contribution in [0.5, 0.6) is 0 Å². The van der Waals surface area contributed by atoms with Gasteiger partial charge in [-0.05, 0) is 25.3 Å². The molecule has 1 aliphatic heterocycles. The van der Waals surface area contributed by atoms with Crippen molar-refractivity contribution in [1.29, 1.82) is 0 Å². The molecule has 1 aromatic heterocycles. The minimum absolute atomic E-state index is 0.315. The second-order valence-corrected chi connectivity index (χ2v) is 5.80. The van der Waals surface area contributed by atoms with Gasteiger partial charge in [0.1, 0.15) is 5.60 Å².